The summed E-state index contributed by atoms with van der Waals surface area (Å²) in [5.74, 6) is 0.697. The second-order valence-electron chi connectivity index (χ2n) is 6.73. The highest BCUT2D eigenvalue weighted by Gasteiger charge is 2.18. The standard InChI is InChI=1S/C22H25NO3S/c1-16-15-22(17(2)14-21(16)26-3)27(24,25)23-13-7-11-19-10-6-9-18-8-4-5-12-20(18)19/h4-6,8-10,12,14-15,23H,7,11,13H2,1-3H3. The molecule has 0 atom stereocenters. The molecule has 0 fully saturated rings. The molecule has 0 saturated heterocycles. The zero-order chi connectivity index (χ0) is 19.4. The maximum absolute atomic E-state index is 12.7. The van der Waals surface area contributed by atoms with Crippen LogP contribution in [0.4, 0.5) is 0 Å². The molecular weight excluding hydrogens is 358 g/mol. The van der Waals surface area contributed by atoms with Crippen LogP contribution in [0.3, 0.4) is 0 Å². The predicted octanol–water partition coefficient (Wildman–Crippen LogP) is 4.38. The van der Waals surface area contributed by atoms with E-state index < -0.39 is 10.0 Å². The van der Waals surface area contributed by atoms with E-state index in [0.29, 0.717) is 22.8 Å². The number of hydrogen-bond donors (Lipinski definition) is 1. The quantitative estimate of drug-likeness (QED) is 0.616. The van der Waals surface area contributed by atoms with Gasteiger partial charge >= 0.3 is 0 Å². The van der Waals surface area contributed by atoms with Crippen LogP contribution in [0.1, 0.15) is 23.1 Å². The highest BCUT2D eigenvalue weighted by atomic mass is 32.2. The number of benzene rings is 3. The van der Waals surface area contributed by atoms with Crippen molar-refractivity contribution in [3.8, 4) is 5.75 Å². The Balaban J connectivity index is 1.67. The van der Waals surface area contributed by atoms with Gasteiger partial charge in [0.15, 0.2) is 0 Å². The van der Waals surface area contributed by atoms with Crippen molar-refractivity contribution in [2.45, 2.75) is 31.6 Å². The number of ether oxygens (including phenoxy) is 1. The molecule has 0 aliphatic carbocycles. The molecule has 27 heavy (non-hydrogen) atoms. The first-order chi connectivity index (χ1) is 12.9. The molecule has 0 saturated carbocycles. The Kier molecular flexibility index (Phi) is 5.82. The van der Waals surface area contributed by atoms with E-state index in [0.717, 1.165) is 18.4 Å². The van der Waals surface area contributed by atoms with Crippen LogP contribution in [-0.4, -0.2) is 22.1 Å². The molecule has 0 spiro atoms. The first kappa shape index (κ1) is 19.4. The third-order valence-electron chi connectivity index (χ3n) is 4.78. The van der Waals surface area contributed by atoms with Gasteiger partial charge in [-0.05, 0) is 66.3 Å². The van der Waals surface area contributed by atoms with Gasteiger partial charge in [0.2, 0.25) is 10.0 Å². The van der Waals surface area contributed by atoms with Gasteiger partial charge in [0.05, 0.1) is 12.0 Å². The fraction of sp³-hybridized carbons (Fsp3) is 0.273. The topological polar surface area (TPSA) is 55.4 Å². The lowest BCUT2D eigenvalue weighted by Crippen LogP contribution is -2.26. The normalized spacial score (nSPS) is 11.7. The van der Waals surface area contributed by atoms with Gasteiger partial charge in [-0.25, -0.2) is 13.1 Å². The molecule has 0 bridgehead atoms. The van der Waals surface area contributed by atoms with Crippen LogP contribution in [0, 0.1) is 13.8 Å². The summed E-state index contributed by atoms with van der Waals surface area (Å²) in [5, 5.41) is 2.43. The number of sulfonamides is 1. The fourth-order valence-corrected chi connectivity index (χ4v) is 4.73. The Hall–Kier alpha value is -2.37. The van der Waals surface area contributed by atoms with Crippen LogP contribution in [0.5, 0.6) is 5.75 Å². The highest BCUT2D eigenvalue weighted by molar-refractivity contribution is 7.89. The molecule has 0 amide bonds. The van der Waals surface area contributed by atoms with Crippen molar-refractivity contribution < 1.29 is 13.2 Å². The first-order valence-electron chi connectivity index (χ1n) is 9.04. The molecule has 1 N–H and O–H groups in total. The van der Waals surface area contributed by atoms with E-state index in [9.17, 15) is 8.42 Å². The summed E-state index contributed by atoms with van der Waals surface area (Å²) in [5.41, 5.74) is 2.72. The van der Waals surface area contributed by atoms with E-state index in [1.54, 1.807) is 26.2 Å². The molecule has 0 aliphatic rings. The Labute approximate surface area is 161 Å². The van der Waals surface area contributed by atoms with Crippen molar-refractivity contribution in [1.82, 2.24) is 4.72 Å². The molecular formula is C22H25NO3S. The summed E-state index contributed by atoms with van der Waals surface area (Å²) in [6.07, 6.45) is 1.56. The molecule has 3 aromatic carbocycles. The number of aryl methyl sites for hydroxylation is 3. The van der Waals surface area contributed by atoms with Crippen molar-refractivity contribution in [2.24, 2.45) is 0 Å². The lowest BCUT2D eigenvalue weighted by molar-refractivity contribution is 0.411. The molecule has 0 unspecified atom stereocenters. The van der Waals surface area contributed by atoms with Crippen LogP contribution in [-0.2, 0) is 16.4 Å². The fourth-order valence-electron chi connectivity index (χ4n) is 3.35. The molecule has 142 valence electrons. The van der Waals surface area contributed by atoms with Crippen molar-refractivity contribution in [2.75, 3.05) is 13.7 Å². The number of hydrogen-bond acceptors (Lipinski definition) is 3. The Morgan fingerprint density at radius 2 is 1.70 bits per heavy atom. The summed E-state index contributed by atoms with van der Waals surface area (Å²) in [6, 6.07) is 17.9. The molecule has 5 heteroatoms. The zero-order valence-electron chi connectivity index (χ0n) is 16.0. The maximum Gasteiger partial charge on any atom is 0.240 e. The van der Waals surface area contributed by atoms with E-state index in [2.05, 4.69) is 29.0 Å². The average molecular weight is 384 g/mol. The first-order valence-corrected chi connectivity index (χ1v) is 10.5. The van der Waals surface area contributed by atoms with Gasteiger partial charge in [-0.2, -0.15) is 0 Å². The lowest BCUT2D eigenvalue weighted by atomic mass is 10.0. The zero-order valence-corrected chi connectivity index (χ0v) is 16.8. The van der Waals surface area contributed by atoms with Gasteiger partial charge in [-0.3, -0.25) is 0 Å². The van der Waals surface area contributed by atoms with Crippen molar-refractivity contribution in [1.29, 1.82) is 0 Å². The van der Waals surface area contributed by atoms with Crippen LogP contribution in [0.15, 0.2) is 59.5 Å². The number of fused-ring (bicyclic) bond motifs is 1. The van der Waals surface area contributed by atoms with Crippen molar-refractivity contribution in [3.63, 3.8) is 0 Å². The van der Waals surface area contributed by atoms with Gasteiger partial charge in [0.1, 0.15) is 5.75 Å². The summed E-state index contributed by atoms with van der Waals surface area (Å²) in [7, 11) is -1.96. The minimum atomic E-state index is -3.54. The third kappa shape index (κ3) is 4.31. The Morgan fingerprint density at radius 1 is 0.963 bits per heavy atom. The number of nitrogens with one attached hydrogen (secondary N) is 1. The van der Waals surface area contributed by atoms with Crippen LogP contribution >= 0.6 is 0 Å². The smallest absolute Gasteiger partial charge is 0.240 e. The van der Waals surface area contributed by atoms with Gasteiger partial charge in [-0.1, -0.05) is 42.5 Å². The molecule has 0 heterocycles. The molecule has 0 aliphatic heterocycles. The number of rotatable bonds is 7. The summed E-state index contributed by atoms with van der Waals surface area (Å²) >= 11 is 0. The van der Waals surface area contributed by atoms with Gasteiger partial charge in [0, 0.05) is 6.54 Å². The minimum Gasteiger partial charge on any atom is -0.496 e. The molecule has 4 nitrogen and oxygen atoms in total. The van der Waals surface area contributed by atoms with E-state index in [1.165, 1.54) is 16.3 Å². The van der Waals surface area contributed by atoms with Gasteiger partial charge in [0.25, 0.3) is 0 Å². The van der Waals surface area contributed by atoms with Gasteiger partial charge < -0.3 is 4.74 Å². The van der Waals surface area contributed by atoms with Gasteiger partial charge in [-0.15, -0.1) is 0 Å². The largest absolute Gasteiger partial charge is 0.496 e. The third-order valence-corrected chi connectivity index (χ3v) is 6.38. The Bertz CT molecular complexity index is 1050. The average Bonchev–Trinajstić information content (AvgIpc) is 2.66. The molecule has 0 aromatic heterocycles. The van der Waals surface area contributed by atoms with E-state index in [1.807, 2.05) is 25.1 Å². The minimum absolute atomic E-state index is 0.311. The van der Waals surface area contributed by atoms with Crippen molar-refractivity contribution >= 4 is 20.8 Å². The second-order valence-corrected chi connectivity index (χ2v) is 8.46. The Morgan fingerprint density at radius 3 is 2.48 bits per heavy atom. The van der Waals surface area contributed by atoms with Crippen LogP contribution in [0.2, 0.25) is 0 Å². The SMILES string of the molecule is COc1cc(C)c(S(=O)(=O)NCCCc2cccc3ccccc23)cc1C. The predicted molar refractivity (Wildman–Crippen MR) is 110 cm³/mol. The second kappa shape index (κ2) is 8.11. The van der Waals surface area contributed by atoms with E-state index >= 15 is 0 Å². The highest BCUT2D eigenvalue weighted by Crippen LogP contribution is 2.25. The summed E-state index contributed by atoms with van der Waals surface area (Å²) < 4.78 is 33.3. The van der Waals surface area contributed by atoms with Crippen LogP contribution < -0.4 is 9.46 Å². The molecule has 0 radical (unpaired) electrons. The lowest BCUT2D eigenvalue weighted by Gasteiger charge is -2.13. The molecule has 3 rings (SSSR count). The monoisotopic (exact) mass is 383 g/mol. The maximum atomic E-state index is 12.7. The summed E-state index contributed by atoms with van der Waals surface area (Å²) in [6.45, 7) is 4.03. The number of methoxy groups -OCH3 is 1. The summed E-state index contributed by atoms with van der Waals surface area (Å²) in [4.78, 5) is 0.311. The van der Waals surface area contributed by atoms with E-state index in [-0.39, 0.29) is 0 Å². The van der Waals surface area contributed by atoms with E-state index in [4.69, 9.17) is 4.74 Å². The van der Waals surface area contributed by atoms with Crippen LogP contribution in [0.25, 0.3) is 10.8 Å². The van der Waals surface area contributed by atoms with Crippen molar-refractivity contribution in [3.05, 3.63) is 71.3 Å². The molecule has 3 aromatic rings.